The van der Waals surface area contributed by atoms with Crippen molar-refractivity contribution in [1.82, 2.24) is 4.31 Å². The topological polar surface area (TPSA) is 83.9 Å². The quantitative estimate of drug-likeness (QED) is 0.903. The van der Waals surface area contributed by atoms with E-state index >= 15 is 0 Å². The molecule has 1 aromatic rings. The van der Waals surface area contributed by atoms with Crippen molar-refractivity contribution in [3.8, 4) is 0 Å². The highest BCUT2D eigenvalue weighted by Gasteiger charge is 2.54. The first kappa shape index (κ1) is 14.2. The zero-order valence-electron chi connectivity index (χ0n) is 11.9. The molecule has 0 spiro atoms. The summed E-state index contributed by atoms with van der Waals surface area (Å²) in [5, 5.41) is 8.89. The highest BCUT2D eigenvalue weighted by Crippen LogP contribution is 2.48. The van der Waals surface area contributed by atoms with Crippen molar-refractivity contribution in [1.29, 1.82) is 0 Å². The molecule has 118 valence electrons. The Morgan fingerprint density at radius 1 is 1.09 bits per heavy atom. The van der Waals surface area contributed by atoms with Crippen molar-refractivity contribution in [2.75, 3.05) is 13.1 Å². The minimum atomic E-state index is -3.56. The lowest BCUT2D eigenvalue weighted by atomic mass is 9.82. The zero-order valence-corrected chi connectivity index (χ0v) is 12.7. The Bertz CT molecular complexity index is 696. The molecule has 7 heteroatoms. The normalized spacial score (nSPS) is 34.0. The Morgan fingerprint density at radius 2 is 1.64 bits per heavy atom. The maximum absolute atomic E-state index is 12.7. The van der Waals surface area contributed by atoms with E-state index in [1.54, 1.807) is 0 Å². The van der Waals surface area contributed by atoms with Gasteiger partial charge in [-0.05, 0) is 37.1 Å². The molecule has 3 heterocycles. The van der Waals surface area contributed by atoms with Crippen LogP contribution < -0.4 is 0 Å². The second-order valence-electron chi connectivity index (χ2n) is 6.27. The lowest BCUT2D eigenvalue weighted by Gasteiger charge is -2.18. The molecule has 2 bridgehead atoms. The van der Waals surface area contributed by atoms with Crippen molar-refractivity contribution in [3.05, 3.63) is 29.8 Å². The number of sulfonamides is 1. The van der Waals surface area contributed by atoms with E-state index in [1.165, 1.54) is 28.6 Å². The van der Waals surface area contributed by atoms with Gasteiger partial charge in [0.2, 0.25) is 10.0 Å². The van der Waals surface area contributed by atoms with Gasteiger partial charge in [0.25, 0.3) is 0 Å². The first-order chi connectivity index (χ1) is 10.5. The Kier molecular flexibility index (Phi) is 3.08. The van der Waals surface area contributed by atoms with E-state index in [0.29, 0.717) is 24.9 Å². The molecule has 22 heavy (non-hydrogen) atoms. The SMILES string of the molecule is O=C(O)c1ccc(S(=O)(=O)N2CC3C4CCC(O4)C3C2)cc1. The summed E-state index contributed by atoms with van der Waals surface area (Å²) in [4.78, 5) is 11.0. The third-order valence-electron chi connectivity index (χ3n) is 5.16. The van der Waals surface area contributed by atoms with Crippen LogP contribution in [0.5, 0.6) is 0 Å². The van der Waals surface area contributed by atoms with Gasteiger partial charge in [-0.15, -0.1) is 0 Å². The van der Waals surface area contributed by atoms with Crippen LogP contribution >= 0.6 is 0 Å². The van der Waals surface area contributed by atoms with Gasteiger partial charge in [0, 0.05) is 24.9 Å². The lowest BCUT2D eigenvalue weighted by Crippen LogP contribution is -2.31. The molecule has 4 rings (SSSR count). The molecule has 0 amide bonds. The lowest BCUT2D eigenvalue weighted by molar-refractivity contribution is 0.0696. The van der Waals surface area contributed by atoms with E-state index < -0.39 is 16.0 Å². The Balaban J connectivity index is 1.58. The summed E-state index contributed by atoms with van der Waals surface area (Å²) >= 11 is 0. The molecule has 0 aromatic heterocycles. The summed E-state index contributed by atoms with van der Waals surface area (Å²) in [7, 11) is -3.56. The fourth-order valence-electron chi connectivity index (χ4n) is 4.04. The van der Waals surface area contributed by atoms with Gasteiger partial charge in [-0.1, -0.05) is 0 Å². The predicted octanol–water partition coefficient (Wildman–Crippen LogP) is 1.18. The number of aromatic carboxylic acids is 1. The number of nitrogens with zero attached hydrogens (tertiary/aromatic N) is 1. The summed E-state index contributed by atoms with van der Waals surface area (Å²) in [5.74, 6) is -0.438. The monoisotopic (exact) mass is 323 g/mol. The molecule has 3 fully saturated rings. The van der Waals surface area contributed by atoms with Crippen LogP contribution in [0.15, 0.2) is 29.2 Å². The molecule has 3 saturated heterocycles. The number of benzene rings is 1. The maximum Gasteiger partial charge on any atom is 0.335 e. The molecular formula is C15H17NO5S. The van der Waals surface area contributed by atoms with Crippen LogP contribution in [0.25, 0.3) is 0 Å². The molecular weight excluding hydrogens is 306 g/mol. The van der Waals surface area contributed by atoms with Crippen molar-refractivity contribution >= 4 is 16.0 Å². The maximum atomic E-state index is 12.7. The molecule has 1 N–H and O–H groups in total. The van der Waals surface area contributed by atoms with Gasteiger partial charge < -0.3 is 9.84 Å². The predicted molar refractivity (Wildman–Crippen MR) is 77.0 cm³/mol. The highest BCUT2D eigenvalue weighted by molar-refractivity contribution is 7.89. The Labute approximate surface area is 128 Å². The Morgan fingerprint density at radius 3 is 2.14 bits per heavy atom. The van der Waals surface area contributed by atoms with E-state index in [0.717, 1.165) is 12.8 Å². The number of carboxylic acids is 1. The van der Waals surface area contributed by atoms with Gasteiger partial charge in [0.1, 0.15) is 0 Å². The van der Waals surface area contributed by atoms with Crippen molar-refractivity contribution < 1.29 is 23.1 Å². The molecule has 1 aromatic carbocycles. The van der Waals surface area contributed by atoms with Crippen molar-refractivity contribution in [3.63, 3.8) is 0 Å². The number of hydrogen-bond donors (Lipinski definition) is 1. The molecule has 3 aliphatic heterocycles. The Hall–Kier alpha value is -1.44. The average Bonchev–Trinajstić information content (AvgIpc) is 3.19. The molecule has 4 atom stereocenters. The van der Waals surface area contributed by atoms with Crippen molar-refractivity contribution in [2.45, 2.75) is 29.9 Å². The summed E-state index contributed by atoms with van der Waals surface area (Å²) in [6.07, 6.45) is 2.49. The summed E-state index contributed by atoms with van der Waals surface area (Å²) < 4.78 is 32.8. The fourth-order valence-corrected chi connectivity index (χ4v) is 5.55. The molecule has 6 nitrogen and oxygen atoms in total. The second-order valence-corrected chi connectivity index (χ2v) is 8.21. The minimum absolute atomic E-state index is 0.0867. The molecule has 0 aliphatic carbocycles. The summed E-state index contributed by atoms with van der Waals surface area (Å²) in [6.45, 7) is 1.02. The molecule has 0 saturated carbocycles. The average molecular weight is 323 g/mol. The highest BCUT2D eigenvalue weighted by atomic mass is 32.2. The smallest absolute Gasteiger partial charge is 0.335 e. The van der Waals surface area contributed by atoms with Crippen LogP contribution in [0.2, 0.25) is 0 Å². The van der Waals surface area contributed by atoms with E-state index in [2.05, 4.69) is 0 Å². The van der Waals surface area contributed by atoms with Crippen LogP contribution in [0.4, 0.5) is 0 Å². The number of fused-ring (bicyclic) bond motifs is 5. The van der Waals surface area contributed by atoms with E-state index in [-0.39, 0.29) is 22.7 Å². The van der Waals surface area contributed by atoms with Crippen LogP contribution in [0.1, 0.15) is 23.2 Å². The first-order valence-corrected chi connectivity index (χ1v) is 8.90. The number of hydrogen-bond acceptors (Lipinski definition) is 4. The van der Waals surface area contributed by atoms with Crippen LogP contribution in [0.3, 0.4) is 0 Å². The van der Waals surface area contributed by atoms with Gasteiger partial charge in [-0.25, -0.2) is 13.2 Å². The van der Waals surface area contributed by atoms with E-state index in [1.807, 2.05) is 0 Å². The number of carbonyl (C=O) groups is 1. The zero-order chi connectivity index (χ0) is 15.5. The van der Waals surface area contributed by atoms with Gasteiger partial charge in [-0.2, -0.15) is 4.31 Å². The third-order valence-corrected chi connectivity index (χ3v) is 7.00. The summed E-state index contributed by atoms with van der Waals surface area (Å²) in [5.41, 5.74) is 0.0867. The number of rotatable bonds is 3. The standard InChI is InChI=1S/C15H17NO5S/c17-15(18)9-1-3-10(4-2-9)22(19,20)16-7-11-12(8-16)14-6-5-13(11)21-14/h1-4,11-14H,5-8H2,(H,17,18). The molecule has 3 aliphatic rings. The fraction of sp³-hybridized carbons (Fsp3) is 0.533. The number of carboxylic acid groups (broad SMARTS) is 1. The van der Waals surface area contributed by atoms with Crippen LogP contribution in [0, 0.1) is 11.8 Å². The van der Waals surface area contributed by atoms with Gasteiger partial charge in [0.15, 0.2) is 0 Å². The third kappa shape index (κ3) is 2.00. The largest absolute Gasteiger partial charge is 0.478 e. The summed E-state index contributed by atoms with van der Waals surface area (Å²) in [6, 6.07) is 5.41. The molecule has 0 radical (unpaired) electrons. The first-order valence-electron chi connectivity index (χ1n) is 7.46. The van der Waals surface area contributed by atoms with Crippen LogP contribution in [-0.2, 0) is 14.8 Å². The van der Waals surface area contributed by atoms with Gasteiger partial charge in [0.05, 0.1) is 22.7 Å². The van der Waals surface area contributed by atoms with E-state index in [4.69, 9.17) is 9.84 Å². The second kappa shape index (κ2) is 4.78. The van der Waals surface area contributed by atoms with Crippen molar-refractivity contribution in [2.24, 2.45) is 11.8 Å². The van der Waals surface area contributed by atoms with Crippen LogP contribution in [-0.4, -0.2) is 49.1 Å². The van der Waals surface area contributed by atoms with E-state index in [9.17, 15) is 13.2 Å². The van der Waals surface area contributed by atoms with Gasteiger partial charge >= 0.3 is 5.97 Å². The minimum Gasteiger partial charge on any atom is -0.478 e. The van der Waals surface area contributed by atoms with Gasteiger partial charge in [-0.3, -0.25) is 0 Å². The molecule has 4 unspecified atom stereocenters. The number of ether oxygens (including phenoxy) is 1.